The van der Waals surface area contributed by atoms with Gasteiger partial charge in [-0.25, -0.2) is 0 Å². The Morgan fingerprint density at radius 3 is 1.05 bits per heavy atom. The number of likely N-dealkylation sites (N-methyl/N-ethyl adjacent to an activating group) is 1. The summed E-state index contributed by atoms with van der Waals surface area (Å²) in [6.07, 6.45) is 69.5. The molecular formula is C67H125NO8. The number of carbonyl (C=O) groups is 3. The molecule has 9 heteroatoms. The largest absolute Gasteiger partial charge is 0.545 e. The van der Waals surface area contributed by atoms with Crippen molar-refractivity contribution in [1.82, 2.24) is 0 Å². The molecule has 0 heterocycles. The lowest BCUT2D eigenvalue weighted by Crippen LogP contribution is -2.44. The Labute approximate surface area is 470 Å². The minimum Gasteiger partial charge on any atom is -0.545 e. The lowest BCUT2D eigenvalue weighted by atomic mass is 10.0. The van der Waals surface area contributed by atoms with Crippen LogP contribution in [-0.4, -0.2) is 82.3 Å². The van der Waals surface area contributed by atoms with Crippen molar-refractivity contribution < 1.29 is 42.9 Å². The molecule has 0 amide bonds. The van der Waals surface area contributed by atoms with E-state index in [4.69, 9.17) is 18.9 Å². The SMILES string of the molecule is CCCCCCC/C=C\C/C=C\CCCCCCCCCCCCCCCCCCCCCCCCCCCC(=O)OC(COC(=O)CCCCCCC/C=C\CCCCCCC)COC(OCC[N+](C)(C)C)C(=O)[O-]. The Hall–Kier alpha value is -2.49. The van der Waals surface area contributed by atoms with Crippen LogP contribution in [0.3, 0.4) is 0 Å². The van der Waals surface area contributed by atoms with E-state index in [1.807, 2.05) is 21.1 Å². The maximum absolute atomic E-state index is 12.9. The third kappa shape index (κ3) is 59.2. The van der Waals surface area contributed by atoms with Gasteiger partial charge >= 0.3 is 11.9 Å². The molecule has 9 nitrogen and oxygen atoms in total. The summed E-state index contributed by atoms with van der Waals surface area (Å²) >= 11 is 0. The van der Waals surface area contributed by atoms with Crippen molar-refractivity contribution in [3.8, 4) is 0 Å². The molecule has 0 fully saturated rings. The van der Waals surface area contributed by atoms with Crippen molar-refractivity contribution in [2.45, 2.75) is 328 Å². The fourth-order valence-electron chi connectivity index (χ4n) is 9.56. The summed E-state index contributed by atoms with van der Waals surface area (Å²) < 4.78 is 22.7. The number of allylic oxidation sites excluding steroid dienone is 6. The Morgan fingerprint density at radius 2 is 0.711 bits per heavy atom. The number of ether oxygens (including phenoxy) is 4. The van der Waals surface area contributed by atoms with Gasteiger partial charge in [0.15, 0.2) is 12.4 Å². The molecule has 2 unspecified atom stereocenters. The summed E-state index contributed by atoms with van der Waals surface area (Å²) in [6, 6.07) is 0. The van der Waals surface area contributed by atoms with Crippen LogP contribution in [0.25, 0.3) is 0 Å². The third-order valence-electron chi connectivity index (χ3n) is 14.6. The minimum absolute atomic E-state index is 0.149. The molecule has 0 aliphatic rings. The van der Waals surface area contributed by atoms with Crippen LogP contribution >= 0.6 is 0 Å². The van der Waals surface area contributed by atoms with E-state index >= 15 is 0 Å². The maximum Gasteiger partial charge on any atom is 0.306 e. The molecule has 0 saturated heterocycles. The molecular weight excluding hydrogens is 947 g/mol. The molecule has 76 heavy (non-hydrogen) atoms. The molecule has 0 N–H and O–H groups in total. The van der Waals surface area contributed by atoms with Gasteiger partial charge in [0.1, 0.15) is 13.2 Å². The van der Waals surface area contributed by atoms with Crippen molar-refractivity contribution in [2.24, 2.45) is 0 Å². The summed E-state index contributed by atoms with van der Waals surface area (Å²) in [5.74, 6) is -2.28. The molecule has 2 atom stereocenters. The Bertz CT molecular complexity index is 1340. The highest BCUT2D eigenvalue weighted by Gasteiger charge is 2.22. The number of hydrogen-bond donors (Lipinski definition) is 0. The van der Waals surface area contributed by atoms with Crippen LogP contribution in [0.1, 0.15) is 316 Å². The van der Waals surface area contributed by atoms with Crippen molar-refractivity contribution in [2.75, 3.05) is 47.5 Å². The van der Waals surface area contributed by atoms with Gasteiger partial charge in [-0.15, -0.1) is 0 Å². The Morgan fingerprint density at radius 1 is 0.395 bits per heavy atom. The summed E-state index contributed by atoms with van der Waals surface area (Å²) in [6.45, 7) is 4.76. The van der Waals surface area contributed by atoms with Crippen LogP contribution in [0.2, 0.25) is 0 Å². The molecule has 0 aromatic rings. The monoisotopic (exact) mass is 1070 g/mol. The third-order valence-corrected chi connectivity index (χ3v) is 14.6. The number of rotatable bonds is 61. The number of aliphatic carboxylic acids is 1. The van der Waals surface area contributed by atoms with Gasteiger partial charge in [0, 0.05) is 12.8 Å². The molecule has 0 aromatic heterocycles. The molecule has 446 valence electrons. The second-order valence-electron chi connectivity index (χ2n) is 23.4. The zero-order chi connectivity index (χ0) is 55.5. The van der Waals surface area contributed by atoms with Crippen molar-refractivity contribution >= 4 is 17.9 Å². The predicted octanol–water partition coefficient (Wildman–Crippen LogP) is 18.3. The van der Waals surface area contributed by atoms with Gasteiger partial charge in [-0.3, -0.25) is 9.59 Å². The van der Waals surface area contributed by atoms with E-state index in [9.17, 15) is 19.5 Å². The standard InChI is InChI=1S/C67H125NO8/c1-6-8-10-12-14-16-18-20-22-23-24-25-26-27-28-29-30-31-32-33-34-35-36-37-38-39-40-41-42-43-44-46-48-50-52-54-56-58-65(70)76-63(62-75-67(66(71)72)73-60-59-68(3,4)5)61-74-64(69)57-55-53-51-49-47-45-21-19-17-15-13-11-9-7-2/h18-21,23-24,63,67H,6-17,22,25-62H2,1-5H3/b20-18-,21-19-,24-23-. The van der Waals surface area contributed by atoms with Crippen molar-refractivity contribution in [1.29, 1.82) is 0 Å². The summed E-state index contributed by atoms with van der Waals surface area (Å²) in [5.41, 5.74) is 0. The number of hydrogen-bond acceptors (Lipinski definition) is 8. The number of carbonyl (C=O) groups excluding carboxylic acids is 3. The first kappa shape index (κ1) is 73.5. The Balaban J connectivity index is 3.96. The van der Waals surface area contributed by atoms with Gasteiger partial charge < -0.3 is 33.3 Å². The molecule has 0 aromatic carbocycles. The maximum atomic E-state index is 12.9. The van der Waals surface area contributed by atoms with Gasteiger partial charge in [-0.05, 0) is 70.6 Å². The summed E-state index contributed by atoms with van der Waals surface area (Å²) in [7, 11) is 5.93. The fourth-order valence-corrected chi connectivity index (χ4v) is 9.56. The minimum atomic E-state index is -1.62. The molecule has 0 radical (unpaired) electrons. The van der Waals surface area contributed by atoms with Gasteiger partial charge in [-0.2, -0.15) is 0 Å². The van der Waals surface area contributed by atoms with E-state index in [1.54, 1.807) is 0 Å². The predicted molar refractivity (Wildman–Crippen MR) is 320 cm³/mol. The smallest absolute Gasteiger partial charge is 0.306 e. The number of unbranched alkanes of at least 4 members (excludes halogenated alkanes) is 40. The first-order chi connectivity index (χ1) is 37.1. The zero-order valence-electron chi connectivity index (χ0n) is 50.9. The number of quaternary nitrogens is 1. The number of nitrogens with zero attached hydrogens (tertiary/aromatic N) is 1. The van der Waals surface area contributed by atoms with Crippen LogP contribution in [0.4, 0.5) is 0 Å². The van der Waals surface area contributed by atoms with Gasteiger partial charge in [0.25, 0.3) is 0 Å². The lowest BCUT2D eigenvalue weighted by Gasteiger charge is -2.26. The highest BCUT2D eigenvalue weighted by molar-refractivity contribution is 5.70. The Kier molecular flexibility index (Phi) is 56.7. The van der Waals surface area contributed by atoms with E-state index in [0.29, 0.717) is 17.4 Å². The normalized spacial score (nSPS) is 12.9. The van der Waals surface area contributed by atoms with E-state index in [0.717, 1.165) is 57.8 Å². The fraction of sp³-hybridized carbons (Fsp3) is 0.866. The number of esters is 2. The van der Waals surface area contributed by atoms with Gasteiger partial charge in [-0.1, -0.05) is 269 Å². The van der Waals surface area contributed by atoms with Crippen LogP contribution in [0.5, 0.6) is 0 Å². The summed E-state index contributed by atoms with van der Waals surface area (Å²) in [5, 5.41) is 11.8. The zero-order valence-corrected chi connectivity index (χ0v) is 50.9. The quantitative estimate of drug-likeness (QED) is 0.0195. The van der Waals surface area contributed by atoms with Gasteiger partial charge in [0.2, 0.25) is 0 Å². The number of carboxylic acid groups (broad SMARTS) is 1. The number of carboxylic acids is 1. The molecule has 0 rings (SSSR count). The van der Waals surface area contributed by atoms with E-state index in [1.165, 1.54) is 225 Å². The first-order valence-corrected chi connectivity index (χ1v) is 32.6. The second kappa shape index (κ2) is 58.7. The van der Waals surface area contributed by atoms with Crippen LogP contribution < -0.4 is 5.11 Å². The van der Waals surface area contributed by atoms with Crippen molar-refractivity contribution in [3.05, 3.63) is 36.5 Å². The molecule has 0 saturated carbocycles. The van der Waals surface area contributed by atoms with E-state index < -0.39 is 24.3 Å². The summed E-state index contributed by atoms with van der Waals surface area (Å²) in [4.78, 5) is 37.3. The topological polar surface area (TPSA) is 111 Å². The van der Waals surface area contributed by atoms with Crippen LogP contribution in [-0.2, 0) is 33.3 Å². The molecule has 0 aliphatic carbocycles. The molecule has 0 spiro atoms. The lowest BCUT2D eigenvalue weighted by molar-refractivity contribution is -0.870. The van der Waals surface area contributed by atoms with E-state index in [-0.39, 0.29) is 38.6 Å². The van der Waals surface area contributed by atoms with E-state index in [2.05, 4.69) is 50.3 Å². The van der Waals surface area contributed by atoms with Crippen LogP contribution in [0, 0.1) is 0 Å². The average molecular weight is 1070 g/mol. The van der Waals surface area contributed by atoms with Crippen molar-refractivity contribution in [3.63, 3.8) is 0 Å². The highest BCUT2D eigenvalue weighted by Crippen LogP contribution is 2.18. The average Bonchev–Trinajstić information content (AvgIpc) is 3.39. The molecule has 0 bridgehead atoms. The molecule has 0 aliphatic heterocycles. The second-order valence-corrected chi connectivity index (χ2v) is 23.4. The first-order valence-electron chi connectivity index (χ1n) is 32.6. The van der Waals surface area contributed by atoms with Gasteiger partial charge in [0.05, 0.1) is 40.3 Å². The highest BCUT2D eigenvalue weighted by atomic mass is 16.7. The van der Waals surface area contributed by atoms with Crippen LogP contribution in [0.15, 0.2) is 36.5 Å².